The van der Waals surface area contributed by atoms with Gasteiger partial charge >= 0.3 is 0 Å². The van der Waals surface area contributed by atoms with Crippen molar-refractivity contribution in [3.8, 4) is 0 Å². The molecule has 0 amide bonds. The molecule has 1 heteroatoms. The van der Waals surface area contributed by atoms with Crippen LogP contribution < -0.4 is 0 Å². The predicted octanol–water partition coefficient (Wildman–Crippen LogP) is 5.22. The molecule has 0 N–H and O–H groups in total. The Labute approximate surface area is 118 Å². The van der Waals surface area contributed by atoms with Gasteiger partial charge in [-0.15, -0.1) is 0 Å². The zero-order valence-corrected chi connectivity index (χ0v) is 12.8. The molecule has 0 aliphatic rings. The first-order valence-electron chi connectivity index (χ1n) is 6.43. The van der Waals surface area contributed by atoms with Gasteiger partial charge in [-0.05, 0) is 60.6 Å². The number of halogens is 1. The molecule has 2 aromatic rings. The number of rotatable bonds is 3. The van der Waals surface area contributed by atoms with E-state index in [4.69, 9.17) is 0 Å². The predicted molar refractivity (Wildman–Crippen MR) is 82.2 cm³/mol. The van der Waals surface area contributed by atoms with E-state index in [1.54, 1.807) is 0 Å². The minimum absolute atomic E-state index is 0.992. The number of hydrogen-bond donors (Lipinski definition) is 0. The minimum atomic E-state index is 0.992. The number of hydrogen-bond acceptors (Lipinski definition) is 0. The largest absolute Gasteiger partial charge is 0.0613 e. The highest BCUT2D eigenvalue weighted by atomic mass is 79.9. The third-order valence-electron chi connectivity index (χ3n) is 3.49. The Morgan fingerprint density at radius 2 is 1.44 bits per heavy atom. The molecule has 18 heavy (non-hydrogen) atoms. The summed E-state index contributed by atoms with van der Waals surface area (Å²) in [6, 6.07) is 13.4. The molecule has 94 valence electrons. The Bertz CT molecular complexity index is 538. The van der Waals surface area contributed by atoms with Crippen LogP contribution >= 0.6 is 15.9 Å². The normalized spacial score (nSPS) is 10.7. The van der Waals surface area contributed by atoms with E-state index < -0.39 is 0 Å². The van der Waals surface area contributed by atoms with E-state index in [2.05, 4.69) is 73.1 Å². The van der Waals surface area contributed by atoms with E-state index in [0.29, 0.717) is 0 Å². The van der Waals surface area contributed by atoms with E-state index in [-0.39, 0.29) is 0 Å². The first-order valence-corrected chi connectivity index (χ1v) is 7.23. The van der Waals surface area contributed by atoms with Crippen molar-refractivity contribution in [3.63, 3.8) is 0 Å². The van der Waals surface area contributed by atoms with Crippen molar-refractivity contribution < 1.29 is 0 Å². The van der Waals surface area contributed by atoms with Gasteiger partial charge in [-0.25, -0.2) is 0 Å². The summed E-state index contributed by atoms with van der Waals surface area (Å²) in [5, 5.41) is 0. The first-order chi connectivity index (χ1) is 8.60. The molecule has 2 aromatic carbocycles. The highest BCUT2D eigenvalue weighted by molar-refractivity contribution is 9.10. The van der Waals surface area contributed by atoms with E-state index in [9.17, 15) is 0 Å². The quantitative estimate of drug-likeness (QED) is 0.729. The van der Waals surface area contributed by atoms with E-state index in [1.165, 1.54) is 32.3 Å². The summed E-state index contributed by atoms with van der Waals surface area (Å²) < 4.78 is 1.21. The van der Waals surface area contributed by atoms with Gasteiger partial charge in [0.05, 0.1) is 0 Å². The second-order valence-corrected chi connectivity index (χ2v) is 5.73. The maximum Gasteiger partial charge on any atom is 0.0213 e. The summed E-state index contributed by atoms with van der Waals surface area (Å²) in [6.45, 7) is 6.51. The van der Waals surface area contributed by atoms with Crippen molar-refractivity contribution in [1.29, 1.82) is 0 Å². The molecule has 0 aliphatic carbocycles. The van der Waals surface area contributed by atoms with Gasteiger partial charge in [0, 0.05) is 4.47 Å². The maximum atomic E-state index is 3.67. The van der Waals surface area contributed by atoms with Gasteiger partial charge in [-0.1, -0.05) is 53.2 Å². The summed E-state index contributed by atoms with van der Waals surface area (Å²) >= 11 is 3.67. The van der Waals surface area contributed by atoms with Crippen molar-refractivity contribution in [2.24, 2.45) is 0 Å². The highest BCUT2D eigenvalue weighted by Gasteiger charge is 2.04. The lowest BCUT2D eigenvalue weighted by Gasteiger charge is -2.09. The molecule has 0 aliphatic heterocycles. The average Bonchev–Trinajstić information content (AvgIpc) is 2.37. The first kappa shape index (κ1) is 13.4. The van der Waals surface area contributed by atoms with Crippen LogP contribution in [0.15, 0.2) is 40.9 Å². The van der Waals surface area contributed by atoms with Crippen LogP contribution in [0.4, 0.5) is 0 Å². The molecule has 0 saturated carbocycles. The fourth-order valence-electron chi connectivity index (χ4n) is 2.09. The molecule has 0 radical (unpaired) electrons. The van der Waals surface area contributed by atoms with E-state index >= 15 is 0 Å². The van der Waals surface area contributed by atoms with Crippen molar-refractivity contribution in [1.82, 2.24) is 0 Å². The van der Waals surface area contributed by atoms with Crippen LogP contribution in [0.25, 0.3) is 0 Å². The molecular formula is C17H19Br. The smallest absolute Gasteiger partial charge is 0.0213 e. The lowest BCUT2D eigenvalue weighted by Crippen LogP contribution is -1.93. The van der Waals surface area contributed by atoms with Crippen LogP contribution in [-0.4, -0.2) is 0 Å². The van der Waals surface area contributed by atoms with Crippen molar-refractivity contribution in [3.05, 3.63) is 68.7 Å². The summed E-state index contributed by atoms with van der Waals surface area (Å²) in [5.41, 5.74) is 6.83. The van der Waals surface area contributed by atoms with Crippen LogP contribution in [-0.2, 0) is 12.8 Å². The van der Waals surface area contributed by atoms with Crippen LogP contribution in [0.2, 0.25) is 0 Å². The van der Waals surface area contributed by atoms with E-state index in [0.717, 1.165) is 12.8 Å². The highest BCUT2D eigenvalue weighted by Crippen LogP contribution is 2.24. The molecule has 0 unspecified atom stereocenters. The fraction of sp³-hybridized carbons (Fsp3) is 0.294. The monoisotopic (exact) mass is 302 g/mol. The summed E-state index contributed by atoms with van der Waals surface area (Å²) in [5.74, 6) is 0. The molecule has 0 nitrogen and oxygen atoms in total. The molecule has 0 bridgehead atoms. The lowest BCUT2D eigenvalue weighted by molar-refractivity contribution is 1.11. The Morgan fingerprint density at radius 3 is 2.06 bits per heavy atom. The maximum absolute atomic E-state index is 3.67. The Morgan fingerprint density at radius 1 is 0.889 bits per heavy atom. The van der Waals surface area contributed by atoms with Crippen LogP contribution in [0, 0.1) is 13.8 Å². The Kier molecular flexibility index (Phi) is 4.23. The second kappa shape index (κ2) is 5.71. The number of aryl methyl sites for hydroxylation is 3. The zero-order valence-electron chi connectivity index (χ0n) is 11.3. The molecular weight excluding hydrogens is 284 g/mol. The third-order valence-corrected chi connectivity index (χ3v) is 4.23. The minimum Gasteiger partial charge on any atom is -0.0613 e. The lowest BCUT2D eigenvalue weighted by atomic mass is 9.99. The summed E-state index contributed by atoms with van der Waals surface area (Å²) in [6.07, 6.45) is 2.10. The van der Waals surface area contributed by atoms with Crippen molar-refractivity contribution >= 4 is 15.9 Å². The van der Waals surface area contributed by atoms with Crippen LogP contribution in [0.3, 0.4) is 0 Å². The van der Waals surface area contributed by atoms with Crippen molar-refractivity contribution in [2.45, 2.75) is 33.6 Å². The Hall–Kier alpha value is -1.08. The summed E-state index contributed by atoms with van der Waals surface area (Å²) in [7, 11) is 0. The number of benzene rings is 2. The van der Waals surface area contributed by atoms with Gasteiger partial charge in [-0.3, -0.25) is 0 Å². The molecule has 0 heterocycles. The second-order valence-electron chi connectivity index (χ2n) is 4.87. The van der Waals surface area contributed by atoms with Crippen LogP contribution in [0.1, 0.15) is 34.7 Å². The standard InChI is InChI=1S/C17H19Br/c1-4-14-5-7-15(8-6-14)11-16-9-12(2)13(3)10-17(16)18/h5-10H,4,11H2,1-3H3. The van der Waals surface area contributed by atoms with Gasteiger partial charge in [0.15, 0.2) is 0 Å². The molecule has 2 rings (SSSR count). The fourth-order valence-corrected chi connectivity index (χ4v) is 2.69. The van der Waals surface area contributed by atoms with E-state index in [1.807, 2.05) is 0 Å². The summed E-state index contributed by atoms with van der Waals surface area (Å²) in [4.78, 5) is 0. The molecule has 0 saturated heterocycles. The third kappa shape index (κ3) is 3.02. The topological polar surface area (TPSA) is 0 Å². The molecule has 0 fully saturated rings. The van der Waals surface area contributed by atoms with Gasteiger partial charge in [-0.2, -0.15) is 0 Å². The van der Waals surface area contributed by atoms with Gasteiger partial charge in [0.25, 0.3) is 0 Å². The van der Waals surface area contributed by atoms with Gasteiger partial charge in [0.1, 0.15) is 0 Å². The zero-order chi connectivity index (χ0) is 13.1. The van der Waals surface area contributed by atoms with Gasteiger partial charge < -0.3 is 0 Å². The molecule has 0 atom stereocenters. The Balaban J connectivity index is 2.25. The van der Waals surface area contributed by atoms with Crippen LogP contribution in [0.5, 0.6) is 0 Å². The van der Waals surface area contributed by atoms with Crippen molar-refractivity contribution in [2.75, 3.05) is 0 Å². The SMILES string of the molecule is CCc1ccc(Cc2cc(C)c(C)cc2Br)cc1. The molecule has 0 spiro atoms. The average molecular weight is 303 g/mol. The molecule has 0 aromatic heterocycles. The van der Waals surface area contributed by atoms with Gasteiger partial charge in [0.2, 0.25) is 0 Å².